The fourth-order valence-electron chi connectivity index (χ4n) is 6.04. The fourth-order valence-corrected chi connectivity index (χ4v) is 6.04. The van der Waals surface area contributed by atoms with Crippen molar-refractivity contribution in [2.45, 2.75) is 95.5 Å². The molecule has 1 aliphatic heterocycles. The molecule has 1 saturated heterocycles. The van der Waals surface area contributed by atoms with E-state index in [9.17, 15) is 0 Å². The van der Waals surface area contributed by atoms with E-state index >= 15 is 0 Å². The van der Waals surface area contributed by atoms with Crippen molar-refractivity contribution in [2.24, 2.45) is 5.92 Å². The second kappa shape index (κ2) is 8.48. The van der Waals surface area contributed by atoms with Gasteiger partial charge in [0.25, 0.3) is 0 Å². The molecule has 3 aliphatic rings. The lowest BCUT2D eigenvalue weighted by atomic mass is 9.64. The third kappa shape index (κ3) is 3.62. The van der Waals surface area contributed by atoms with Gasteiger partial charge in [-0.1, -0.05) is 69.4 Å². The average molecular weight is 353 g/mol. The first-order valence-corrected chi connectivity index (χ1v) is 11.3. The van der Waals surface area contributed by atoms with Crippen LogP contribution in [0, 0.1) is 5.92 Å². The van der Waals surface area contributed by atoms with Crippen molar-refractivity contribution in [3.05, 3.63) is 35.9 Å². The lowest BCUT2D eigenvalue weighted by Gasteiger charge is -2.51. The molecular weight excluding hydrogens is 317 g/mol. The minimum absolute atomic E-state index is 0.0481. The Morgan fingerprint density at radius 1 is 0.962 bits per heavy atom. The van der Waals surface area contributed by atoms with Crippen molar-refractivity contribution in [1.82, 2.24) is 4.81 Å². The highest BCUT2D eigenvalue weighted by Crippen LogP contribution is 2.48. The van der Waals surface area contributed by atoms with Gasteiger partial charge in [-0.05, 0) is 62.9 Å². The zero-order valence-electron chi connectivity index (χ0n) is 16.7. The Hall–Kier alpha value is -0.795. The molecule has 2 saturated carbocycles. The molecule has 3 fully saturated rings. The SMILES string of the molecule is CCB1OC2(c3ccccc3)CCCCC2CCCN1C1CCCCC1. The van der Waals surface area contributed by atoms with Crippen molar-refractivity contribution in [1.29, 1.82) is 0 Å². The van der Waals surface area contributed by atoms with Crippen LogP contribution in [-0.2, 0) is 10.3 Å². The van der Waals surface area contributed by atoms with Crippen LogP contribution in [0.3, 0.4) is 0 Å². The molecule has 1 heterocycles. The Bertz CT molecular complexity index is 559. The summed E-state index contributed by atoms with van der Waals surface area (Å²) in [6.07, 6.45) is 16.0. The van der Waals surface area contributed by atoms with Gasteiger partial charge in [0.15, 0.2) is 0 Å². The standard InChI is InChI=1S/C23H36BNO/c1-2-24-25(22-16-7-4-8-17-22)19-11-15-21-14-9-10-18-23(21,26-24)20-12-5-3-6-13-20/h3,5-6,12-13,21-22H,2,4,7-11,14-19H2,1H3. The summed E-state index contributed by atoms with van der Waals surface area (Å²) >= 11 is 0. The number of fused-ring (bicyclic) bond motifs is 1. The monoisotopic (exact) mass is 353 g/mol. The maximum atomic E-state index is 7.21. The molecule has 0 spiro atoms. The van der Waals surface area contributed by atoms with Crippen LogP contribution in [0.2, 0.25) is 6.32 Å². The molecule has 3 heteroatoms. The summed E-state index contributed by atoms with van der Waals surface area (Å²) in [4.78, 5) is 2.77. The highest BCUT2D eigenvalue weighted by molar-refractivity contribution is 6.48. The molecule has 2 aliphatic carbocycles. The van der Waals surface area contributed by atoms with E-state index in [0.717, 1.165) is 12.4 Å². The molecule has 142 valence electrons. The maximum absolute atomic E-state index is 7.21. The maximum Gasteiger partial charge on any atom is 0.383 e. The van der Waals surface area contributed by atoms with Gasteiger partial charge >= 0.3 is 7.05 Å². The van der Waals surface area contributed by atoms with Crippen molar-refractivity contribution >= 4 is 7.05 Å². The smallest absolute Gasteiger partial charge is 0.383 e. The number of rotatable bonds is 3. The van der Waals surface area contributed by atoms with E-state index in [2.05, 4.69) is 42.1 Å². The first-order valence-electron chi connectivity index (χ1n) is 11.3. The third-order valence-corrected chi connectivity index (χ3v) is 7.35. The molecule has 2 atom stereocenters. The van der Waals surface area contributed by atoms with E-state index in [1.165, 1.54) is 82.7 Å². The molecule has 1 aromatic carbocycles. The van der Waals surface area contributed by atoms with Crippen LogP contribution in [0.5, 0.6) is 0 Å². The Morgan fingerprint density at radius 3 is 2.46 bits per heavy atom. The van der Waals surface area contributed by atoms with E-state index in [-0.39, 0.29) is 5.60 Å². The van der Waals surface area contributed by atoms with Gasteiger partial charge in [0, 0.05) is 6.04 Å². The van der Waals surface area contributed by atoms with Crippen LogP contribution in [0.1, 0.15) is 83.1 Å². The summed E-state index contributed by atoms with van der Waals surface area (Å²) in [5.41, 5.74) is 1.39. The second-order valence-electron chi connectivity index (χ2n) is 8.85. The molecule has 0 N–H and O–H groups in total. The van der Waals surface area contributed by atoms with Gasteiger partial charge in [-0.15, -0.1) is 0 Å². The number of nitrogens with zero attached hydrogens (tertiary/aromatic N) is 1. The van der Waals surface area contributed by atoms with Gasteiger partial charge in [0.2, 0.25) is 0 Å². The highest BCUT2D eigenvalue weighted by Gasteiger charge is 2.47. The fraction of sp³-hybridized carbons (Fsp3) is 0.739. The van der Waals surface area contributed by atoms with Crippen molar-refractivity contribution in [2.75, 3.05) is 6.54 Å². The molecule has 26 heavy (non-hydrogen) atoms. The average Bonchev–Trinajstić information content (AvgIpc) is 2.70. The third-order valence-electron chi connectivity index (χ3n) is 7.35. The summed E-state index contributed by atoms with van der Waals surface area (Å²) in [7, 11) is 0.291. The normalized spacial score (nSPS) is 31.9. The quantitative estimate of drug-likeness (QED) is 0.616. The summed E-state index contributed by atoms with van der Waals surface area (Å²) in [6.45, 7) is 3.57. The van der Waals surface area contributed by atoms with Crippen LogP contribution in [0.4, 0.5) is 0 Å². The number of benzene rings is 1. The Kier molecular flexibility index (Phi) is 6.05. The zero-order valence-corrected chi connectivity index (χ0v) is 16.7. The highest BCUT2D eigenvalue weighted by atomic mass is 16.5. The molecule has 0 amide bonds. The van der Waals surface area contributed by atoms with Gasteiger partial charge in [0.1, 0.15) is 0 Å². The first-order chi connectivity index (χ1) is 12.8. The Morgan fingerprint density at radius 2 is 1.69 bits per heavy atom. The molecule has 2 nitrogen and oxygen atoms in total. The van der Waals surface area contributed by atoms with Gasteiger partial charge < -0.3 is 9.47 Å². The van der Waals surface area contributed by atoms with Crippen LogP contribution in [0.25, 0.3) is 0 Å². The van der Waals surface area contributed by atoms with Crippen molar-refractivity contribution in [3.63, 3.8) is 0 Å². The van der Waals surface area contributed by atoms with Crippen LogP contribution in [-0.4, -0.2) is 24.4 Å². The summed E-state index contributed by atoms with van der Waals surface area (Å²) in [5.74, 6) is 0.696. The molecule has 2 unspecified atom stereocenters. The lowest BCUT2D eigenvalue weighted by molar-refractivity contribution is -0.0568. The molecule has 0 aromatic heterocycles. The lowest BCUT2D eigenvalue weighted by Crippen LogP contribution is -2.56. The molecule has 0 bridgehead atoms. The van der Waals surface area contributed by atoms with E-state index < -0.39 is 0 Å². The second-order valence-corrected chi connectivity index (χ2v) is 8.85. The molecule has 4 rings (SSSR count). The van der Waals surface area contributed by atoms with Crippen LogP contribution >= 0.6 is 0 Å². The van der Waals surface area contributed by atoms with Gasteiger partial charge in [-0.2, -0.15) is 0 Å². The molecular formula is C23H36BNO. The minimum atomic E-state index is -0.0481. The Balaban J connectivity index is 1.65. The van der Waals surface area contributed by atoms with Crippen molar-refractivity contribution < 1.29 is 4.65 Å². The predicted octanol–water partition coefficient (Wildman–Crippen LogP) is 6.03. The van der Waals surface area contributed by atoms with E-state index in [4.69, 9.17) is 4.65 Å². The van der Waals surface area contributed by atoms with E-state index in [0.29, 0.717) is 13.0 Å². The Labute approximate surface area is 160 Å². The molecule has 0 radical (unpaired) electrons. The van der Waals surface area contributed by atoms with E-state index in [1.807, 2.05) is 0 Å². The van der Waals surface area contributed by atoms with Crippen LogP contribution < -0.4 is 0 Å². The van der Waals surface area contributed by atoms with Gasteiger partial charge in [-0.3, -0.25) is 0 Å². The van der Waals surface area contributed by atoms with Gasteiger partial charge in [0.05, 0.1) is 5.60 Å². The van der Waals surface area contributed by atoms with Gasteiger partial charge in [-0.25, -0.2) is 0 Å². The van der Waals surface area contributed by atoms with Crippen LogP contribution in [0.15, 0.2) is 30.3 Å². The number of hydrogen-bond acceptors (Lipinski definition) is 2. The predicted molar refractivity (Wildman–Crippen MR) is 110 cm³/mol. The van der Waals surface area contributed by atoms with E-state index in [1.54, 1.807) is 0 Å². The summed E-state index contributed by atoms with van der Waals surface area (Å²) in [6, 6.07) is 12.0. The molecule has 1 aromatic rings. The summed E-state index contributed by atoms with van der Waals surface area (Å²) in [5, 5.41) is 0. The topological polar surface area (TPSA) is 12.5 Å². The minimum Gasteiger partial charge on any atom is -0.411 e. The zero-order chi connectivity index (χ0) is 17.8. The largest absolute Gasteiger partial charge is 0.411 e. The first kappa shape index (κ1) is 18.6. The number of hydrogen-bond donors (Lipinski definition) is 0. The summed E-state index contributed by atoms with van der Waals surface area (Å²) < 4.78 is 7.21. The van der Waals surface area contributed by atoms with Crippen molar-refractivity contribution in [3.8, 4) is 0 Å².